The molecule has 168 valence electrons. The van der Waals surface area contributed by atoms with E-state index in [1.54, 1.807) is 42.2 Å². The lowest BCUT2D eigenvalue weighted by Crippen LogP contribution is -2.49. The molecular formula is C22H24Cl4N2O2S. The van der Waals surface area contributed by atoms with Crippen LogP contribution in [0.3, 0.4) is 0 Å². The number of amides is 2. The van der Waals surface area contributed by atoms with Crippen molar-refractivity contribution >= 4 is 70.0 Å². The zero-order valence-electron chi connectivity index (χ0n) is 17.4. The van der Waals surface area contributed by atoms with Crippen LogP contribution in [0.4, 0.5) is 0 Å². The van der Waals surface area contributed by atoms with Crippen LogP contribution in [0.2, 0.25) is 20.1 Å². The monoisotopic (exact) mass is 520 g/mol. The van der Waals surface area contributed by atoms with Crippen molar-refractivity contribution < 1.29 is 9.59 Å². The summed E-state index contributed by atoms with van der Waals surface area (Å²) in [4.78, 5) is 27.2. The van der Waals surface area contributed by atoms with E-state index in [1.807, 2.05) is 19.9 Å². The summed E-state index contributed by atoms with van der Waals surface area (Å²) in [6.07, 6.45) is 0. The number of nitrogens with one attached hydrogen (secondary N) is 1. The quantitative estimate of drug-likeness (QED) is 0.411. The highest BCUT2D eigenvalue weighted by Gasteiger charge is 2.26. The van der Waals surface area contributed by atoms with Gasteiger partial charge in [0, 0.05) is 18.3 Å². The Morgan fingerprint density at radius 1 is 0.903 bits per heavy atom. The minimum Gasteiger partial charge on any atom is -0.352 e. The standard InChI is InChI=1S/C22H24Cl4N2O2S/c1-13(2)27-22(30)14(3)28(10-15-4-6-17(23)19(25)8-15)21(29)12-31-11-16-5-7-18(24)20(26)9-16/h4-9,13-14H,10-12H2,1-3H3,(H,27,30)/t14-/m1/s1. The molecule has 0 spiro atoms. The van der Waals surface area contributed by atoms with E-state index in [-0.39, 0.29) is 30.2 Å². The van der Waals surface area contributed by atoms with E-state index in [4.69, 9.17) is 46.4 Å². The second-order valence-corrected chi connectivity index (χ2v) is 9.97. The third kappa shape index (κ3) is 8.07. The smallest absolute Gasteiger partial charge is 0.242 e. The summed E-state index contributed by atoms with van der Waals surface area (Å²) in [6, 6.07) is 9.91. The van der Waals surface area contributed by atoms with Gasteiger partial charge in [-0.1, -0.05) is 58.5 Å². The summed E-state index contributed by atoms with van der Waals surface area (Å²) in [5.41, 5.74) is 1.76. The number of hydrogen-bond donors (Lipinski definition) is 1. The Morgan fingerprint density at radius 2 is 1.45 bits per heavy atom. The highest BCUT2D eigenvalue weighted by Crippen LogP contribution is 2.26. The molecule has 2 aromatic rings. The van der Waals surface area contributed by atoms with Crippen molar-refractivity contribution in [3.05, 3.63) is 67.6 Å². The van der Waals surface area contributed by atoms with Gasteiger partial charge in [0.2, 0.25) is 11.8 Å². The lowest BCUT2D eigenvalue weighted by molar-refractivity contribution is -0.138. The van der Waals surface area contributed by atoms with Gasteiger partial charge >= 0.3 is 0 Å². The van der Waals surface area contributed by atoms with Gasteiger partial charge in [-0.15, -0.1) is 11.8 Å². The number of nitrogens with zero attached hydrogens (tertiary/aromatic N) is 1. The molecule has 1 atom stereocenters. The Hall–Kier alpha value is -1.11. The number of halogens is 4. The largest absolute Gasteiger partial charge is 0.352 e. The second-order valence-electron chi connectivity index (χ2n) is 7.35. The molecule has 0 saturated heterocycles. The van der Waals surface area contributed by atoms with Gasteiger partial charge in [0.1, 0.15) is 6.04 Å². The molecule has 0 radical (unpaired) electrons. The Balaban J connectivity index is 2.11. The Bertz CT molecular complexity index is 940. The summed E-state index contributed by atoms with van der Waals surface area (Å²) >= 11 is 25.6. The summed E-state index contributed by atoms with van der Waals surface area (Å²) in [5.74, 6) is 0.442. The summed E-state index contributed by atoms with van der Waals surface area (Å²) in [5, 5.41) is 4.67. The van der Waals surface area contributed by atoms with Crippen LogP contribution in [-0.4, -0.2) is 34.6 Å². The van der Waals surface area contributed by atoms with Crippen LogP contribution in [0.1, 0.15) is 31.9 Å². The first-order valence-corrected chi connectivity index (χ1v) is 12.3. The molecule has 0 aliphatic heterocycles. The molecule has 0 aromatic heterocycles. The third-order valence-electron chi connectivity index (χ3n) is 4.41. The lowest BCUT2D eigenvalue weighted by atomic mass is 10.1. The molecule has 0 unspecified atom stereocenters. The first kappa shape index (κ1) is 26.1. The highest BCUT2D eigenvalue weighted by atomic mass is 35.5. The SMILES string of the molecule is CC(C)NC(=O)[C@@H](C)N(Cc1ccc(Cl)c(Cl)c1)C(=O)CSCc1ccc(Cl)c(Cl)c1. The number of carbonyl (C=O) groups excluding carboxylic acids is 2. The average molecular weight is 522 g/mol. The van der Waals surface area contributed by atoms with Gasteiger partial charge in [-0.25, -0.2) is 0 Å². The molecular weight excluding hydrogens is 498 g/mol. The molecule has 0 bridgehead atoms. The summed E-state index contributed by atoms with van der Waals surface area (Å²) in [6.45, 7) is 5.72. The van der Waals surface area contributed by atoms with Crippen LogP contribution >= 0.6 is 58.2 Å². The first-order chi connectivity index (χ1) is 14.6. The number of carbonyl (C=O) groups is 2. The predicted molar refractivity (Wildman–Crippen MR) is 132 cm³/mol. The molecule has 9 heteroatoms. The van der Waals surface area contributed by atoms with Crippen molar-refractivity contribution in [2.45, 2.75) is 45.2 Å². The molecule has 2 amide bonds. The van der Waals surface area contributed by atoms with Crippen LogP contribution in [0.25, 0.3) is 0 Å². The van der Waals surface area contributed by atoms with E-state index < -0.39 is 6.04 Å². The molecule has 1 N–H and O–H groups in total. The zero-order chi connectivity index (χ0) is 23.1. The van der Waals surface area contributed by atoms with Crippen LogP contribution in [0.5, 0.6) is 0 Å². The highest BCUT2D eigenvalue weighted by molar-refractivity contribution is 7.99. The van der Waals surface area contributed by atoms with Gasteiger partial charge in [0.05, 0.1) is 25.8 Å². The molecule has 4 nitrogen and oxygen atoms in total. The molecule has 0 heterocycles. The van der Waals surface area contributed by atoms with E-state index in [0.717, 1.165) is 11.1 Å². The van der Waals surface area contributed by atoms with Crippen molar-refractivity contribution in [1.29, 1.82) is 0 Å². The molecule has 0 fully saturated rings. The van der Waals surface area contributed by atoms with Crippen LogP contribution in [0, 0.1) is 0 Å². The van der Waals surface area contributed by atoms with Gasteiger partial charge < -0.3 is 10.2 Å². The van der Waals surface area contributed by atoms with Gasteiger partial charge in [-0.2, -0.15) is 0 Å². The zero-order valence-corrected chi connectivity index (χ0v) is 21.3. The number of hydrogen-bond acceptors (Lipinski definition) is 3. The normalized spacial score (nSPS) is 12.0. The van der Waals surface area contributed by atoms with Crippen LogP contribution < -0.4 is 5.32 Å². The van der Waals surface area contributed by atoms with Crippen molar-refractivity contribution in [3.8, 4) is 0 Å². The topological polar surface area (TPSA) is 49.4 Å². The number of thioether (sulfide) groups is 1. The molecule has 0 aliphatic carbocycles. The van der Waals surface area contributed by atoms with E-state index in [9.17, 15) is 9.59 Å². The average Bonchev–Trinajstić information content (AvgIpc) is 2.70. The van der Waals surface area contributed by atoms with Gasteiger partial charge in [0.25, 0.3) is 0 Å². The first-order valence-electron chi connectivity index (χ1n) is 9.64. The number of benzene rings is 2. The van der Waals surface area contributed by atoms with Crippen LogP contribution in [-0.2, 0) is 21.9 Å². The lowest BCUT2D eigenvalue weighted by Gasteiger charge is -2.29. The van der Waals surface area contributed by atoms with E-state index in [2.05, 4.69) is 5.32 Å². The minimum absolute atomic E-state index is 0.0269. The fourth-order valence-corrected chi connectivity index (χ4v) is 4.29. The molecule has 0 saturated carbocycles. The van der Waals surface area contributed by atoms with Crippen molar-refractivity contribution in [2.24, 2.45) is 0 Å². The molecule has 2 aromatic carbocycles. The fourth-order valence-electron chi connectivity index (χ4n) is 2.79. The summed E-state index contributed by atoms with van der Waals surface area (Å²) < 4.78 is 0. The molecule has 31 heavy (non-hydrogen) atoms. The van der Waals surface area contributed by atoms with Gasteiger partial charge in [-0.3, -0.25) is 9.59 Å². The van der Waals surface area contributed by atoms with Crippen molar-refractivity contribution in [2.75, 3.05) is 5.75 Å². The summed E-state index contributed by atoms with van der Waals surface area (Å²) in [7, 11) is 0. The van der Waals surface area contributed by atoms with E-state index in [0.29, 0.717) is 25.8 Å². The molecule has 0 aliphatic rings. The van der Waals surface area contributed by atoms with E-state index >= 15 is 0 Å². The van der Waals surface area contributed by atoms with Crippen LogP contribution in [0.15, 0.2) is 36.4 Å². The maximum Gasteiger partial charge on any atom is 0.242 e. The van der Waals surface area contributed by atoms with Gasteiger partial charge in [0.15, 0.2) is 0 Å². The predicted octanol–water partition coefficient (Wildman–Crippen LogP) is 6.48. The Morgan fingerprint density at radius 3 is 2.00 bits per heavy atom. The van der Waals surface area contributed by atoms with E-state index in [1.165, 1.54) is 11.8 Å². The number of rotatable bonds is 9. The maximum absolute atomic E-state index is 13.1. The van der Waals surface area contributed by atoms with Gasteiger partial charge in [-0.05, 0) is 56.2 Å². The Kier molecular flexibility index (Phi) is 10.3. The third-order valence-corrected chi connectivity index (χ3v) is 6.88. The minimum atomic E-state index is -0.644. The van der Waals surface area contributed by atoms with Crippen molar-refractivity contribution in [3.63, 3.8) is 0 Å². The van der Waals surface area contributed by atoms with Crippen molar-refractivity contribution in [1.82, 2.24) is 10.2 Å². The fraction of sp³-hybridized carbons (Fsp3) is 0.364. The Labute approximate surface area is 207 Å². The molecule has 2 rings (SSSR count). The second kappa shape index (κ2) is 12.2. The maximum atomic E-state index is 13.1.